The van der Waals surface area contributed by atoms with Gasteiger partial charge in [-0.1, -0.05) is 42.5 Å². The van der Waals surface area contributed by atoms with Crippen LogP contribution in [0.25, 0.3) is 11.1 Å². The van der Waals surface area contributed by atoms with Crippen molar-refractivity contribution < 1.29 is 14.6 Å². The zero-order chi connectivity index (χ0) is 23.0. The van der Waals surface area contributed by atoms with Crippen molar-refractivity contribution in [2.75, 3.05) is 13.1 Å². The third-order valence-corrected chi connectivity index (χ3v) is 6.27. The number of benzene rings is 2. The van der Waals surface area contributed by atoms with E-state index >= 15 is 0 Å². The van der Waals surface area contributed by atoms with Gasteiger partial charge in [0.25, 0.3) is 0 Å². The first kappa shape index (κ1) is 23.0. The average molecular weight is 445 g/mol. The van der Waals surface area contributed by atoms with Gasteiger partial charge in [0.1, 0.15) is 11.9 Å². The minimum Gasteiger partial charge on any atom is -0.488 e. The van der Waals surface area contributed by atoms with E-state index in [0.29, 0.717) is 12.8 Å². The summed E-state index contributed by atoms with van der Waals surface area (Å²) in [5.74, 6) is 0.956. The molecule has 0 saturated carbocycles. The fourth-order valence-corrected chi connectivity index (χ4v) is 4.18. The molecule has 1 amide bonds. The van der Waals surface area contributed by atoms with E-state index in [4.69, 9.17) is 4.74 Å². The van der Waals surface area contributed by atoms with E-state index in [9.17, 15) is 9.90 Å². The first-order valence-electron chi connectivity index (χ1n) is 11.8. The predicted octanol–water partition coefficient (Wildman–Crippen LogP) is 4.67. The number of aryl methyl sites for hydroxylation is 1. The van der Waals surface area contributed by atoms with Crippen molar-refractivity contribution in [3.63, 3.8) is 0 Å². The Morgan fingerprint density at radius 3 is 2.30 bits per heavy atom. The second kappa shape index (κ2) is 11.1. The molecule has 1 aliphatic heterocycles. The van der Waals surface area contributed by atoms with E-state index in [0.717, 1.165) is 60.4 Å². The van der Waals surface area contributed by atoms with Crippen molar-refractivity contribution in [2.24, 2.45) is 0 Å². The highest BCUT2D eigenvalue weighted by atomic mass is 16.5. The number of likely N-dealkylation sites (tertiary alicyclic amines) is 1. The summed E-state index contributed by atoms with van der Waals surface area (Å²) in [5.41, 5.74) is 4.34. The van der Waals surface area contributed by atoms with Crippen molar-refractivity contribution in [3.8, 4) is 16.9 Å². The molecular formula is C28H32N2O3. The van der Waals surface area contributed by atoms with Crippen LogP contribution in [0.3, 0.4) is 0 Å². The van der Waals surface area contributed by atoms with Crippen molar-refractivity contribution in [2.45, 2.75) is 51.2 Å². The van der Waals surface area contributed by atoms with Crippen LogP contribution in [0.4, 0.5) is 0 Å². The summed E-state index contributed by atoms with van der Waals surface area (Å²) in [4.78, 5) is 18.4. The zero-order valence-corrected chi connectivity index (χ0v) is 19.2. The summed E-state index contributed by atoms with van der Waals surface area (Å²) in [6, 6.07) is 20.0. The van der Waals surface area contributed by atoms with Crippen molar-refractivity contribution >= 4 is 5.91 Å². The molecule has 5 nitrogen and oxygen atoms in total. The van der Waals surface area contributed by atoms with Gasteiger partial charge in [-0.05, 0) is 73.1 Å². The normalized spacial score (nSPS) is 15.3. The van der Waals surface area contributed by atoms with Crippen LogP contribution >= 0.6 is 0 Å². The Kier molecular flexibility index (Phi) is 7.74. The number of nitrogens with zero attached hydrogens (tertiary/aromatic N) is 2. The summed E-state index contributed by atoms with van der Waals surface area (Å²) >= 11 is 0. The molecule has 1 fully saturated rings. The number of aliphatic hydroxyl groups is 1. The fraction of sp³-hybridized carbons (Fsp3) is 0.357. The summed E-state index contributed by atoms with van der Waals surface area (Å²) in [5, 5.41) is 10.5. The number of ether oxygens (including phenoxy) is 1. The Bertz CT molecular complexity index is 1010. The summed E-state index contributed by atoms with van der Waals surface area (Å²) < 4.78 is 5.96. The lowest BCUT2D eigenvalue weighted by molar-refractivity contribution is -0.129. The molecule has 2 aromatic carbocycles. The Hall–Kier alpha value is -3.18. The zero-order valence-electron chi connectivity index (χ0n) is 19.2. The number of carbonyl (C=O) groups excluding carboxylic acids is 1. The van der Waals surface area contributed by atoms with Gasteiger partial charge in [0.15, 0.2) is 0 Å². The van der Waals surface area contributed by atoms with E-state index < -0.39 is 6.10 Å². The smallest absolute Gasteiger partial charge is 0.226 e. The standard InChI is InChI=1S/C28H32N2O3/c1-21(27(31)15-8-23-5-4-16-29-20-23)33-26-13-11-25(12-14-26)24-9-6-22(7-10-24)19-28(32)30-17-2-3-18-30/h4-7,9-14,16,20-21,27,31H,2-3,8,15,17-19H2,1H3. The fourth-order valence-electron chi connectivity index (χ4n) is 4.18. The second-order valence-electron chi connectivity index (χ2n) is 8.78. The summed E-state index contributed by atoms with van der Waals surface area (Å²) in [6.07, 6.45) is 6.81. The third-order valence-electron chi connectivity index (χ3n) is 6.27. The molecule has 172 valence electrons. The van der Waals surface area contributed by atoms with E-state index in [2.05, 4.69) is 17.1 Å². The molecule has 1 N–H and O–H groups in total. The predicted molar refractivity (Wildman–Crippen MR) is 130 cm³/mol. The van der Waals surface area contributed by atoms with Gasteiger partial charge in [-0.3, -0.25) is 9.78 Å². The van der Waals surface area contributed by atoms with Gasteiger partial charge in [0.05, 0.1) is 12.5 Å². The SMILES string of the molecule is CC(Oc1ccc(-c2ccc(CC(=O)N3CCCC3)cc2)cc1)C(O)CCc1cccnc1. The molecule has 2 heterocycles. The van der Waals surface area contributed by atoms with E-state index in [1.54, 1.807) is 6.20 Å². The quantitative estimate of drug-likeness (QED) is 0.521. The van der Waals surface area contributed by atoms with Gasteiger partial charge in [-0.2, -0.15) is 0 Å². The number of carbonyl (C=O) groups is 1. The highest BCUT2D eigenvalue weighted by Gasteiger charge is 2.18. The molecular weight excluding hydrogens is 412 g/mol. The van der Waals surface area contributed by atoms with Crippen LogP contribution in [0, 0.1) is 0 Å². The van der Waals surface area contributed by atoms with E-state index in [-0.39, 0.29) is 12.0 Å². The minimum atomic E-state index is -0.555. The topological polar surface area (TPSA) is 62.7 Å². The second-order valence-corrected chi connectivity index (χ2v) is 8.78. The Labute approximate surface area is 196 Å². The largest absolute Gasteiger partial charge is 0.488 e. The average Bonchev–Trinajstić information content (AvgIpc) is 3.39. The van der Waals surface area contributed by atoms with E-state index in [1.807, 2.05) is 66.6 Å². The molecule has 0 bridgehead atoms. The molecule has 0 radical (unpaired) electrons. The number of rotatable bonds is 9. The van der Waals surface area contributed by atoms with Gasteiger partial charge in [-0.15, -0.1) is 0 Å². The highest BCUT2D eigenvalue weighted by molar-refractivity contribution is 5.79. The number of hydrogen-bond acceptors (Lipinski definition) is 4. The van der Waals surface area contributed by atoms with Crippen molar-refractivity contribution in [3.05, 3.63) is 84.2 Å². The maximum Gasteiger partial charge on any atom is 0.226 e. The molecule has 2 atom stereocenters. The summed E-state index contributed by atoms with van der Waals surface area (Å²) in [6.45, 7) is 3.68. The van der Waals surface area contributed by atoms with Gasteiger partial charge >= 0.3 is 0 Å². The molecule has 1 aromatic heterocycles. The van der Waals surface area contributed by atoms with Crippen LogP contribution in [0.1, 0.15) is 37.3 Å². The first-order valence-corrected chi connectivity index (χ1v) is 11.8. The lowest BCUT2D eigenvalue weighted by Crippen LogP contribution is -2.29. The Morgan fingerprint density at radius 2 is 1.67 bits per heavy atom. The molecule has 33 heavy (non-hydrogen) atoms. The molecule has 5 heteroatoms. The third kappa shape index (κ3) is 6.42. The van der Waals surface area contributed by atoms with Crippen LogP contribution in [0.2, 0.25) is 0 Å². The number of aliphatic hydroxyl groups excluding tert-OH is 1. The number of pyridine rings is 1. The maximum atomic E-state index is 12.3. The lowest BCUT2D eigenvalue weighted by atomic mass is 10.0. The van der Waals surface area contributed by atoms with Crippen LogP contribution < -0.4 is 4.74 Å². The minimum absolute atomic E-state index is 0.221. The molecule has 1 aliphatic rings. The maximum absolute atomic E-state index is 12.3. The molecule has 1 saturated heterocycles. The molecule has 3 aromatic rings. The van der Waals surface area contributed by atoms with Crippen LogP contribution in [0.5, 0.6) is 5.75 Å². The van der Waals surface area contributed by atoms with Gasteiger partial charge in [0, 0.05) is 25.5 Å². The highest BCUT2D eigenvalue weighted by Crippen LogP contribution is 2.24. The molecule has 2 unspecified atom stereocenters. The first-order chi connectivity index (χ1) is 16.1. The van der Waals surface area contributed by atoms with Gasteiger partial charge < -0.3 is 14.7 Å². The summed E-state index contributed by atoms with van der Waals surface area (Å²) in [7, 11) is 0. The van der Waals surface area contributed by atoms with Crippen LogP contribution in [-0.4, -0.2) is 46.2 Å². The van der Waals surface area contributed by atoms with Crippen molar-refractivity contribution in [1.29, 1.82) is 0 Å². The molecule has 0 aliphatic carbocycles. The van der Waals surface area contributed by atoms with Crippen LogP contribution in [-0.2, 0) is 17.6 Å². The molecule has 0 spiro atoms. The van der Waals surface area contributed by atoms with Gasteiger partial charge in [-0.25, -0.2) is 0 Å². The Balaban J connectivity index is 1.28. The lowest BCUT2D eigenvalue weighted by Gasteiger charge is -2.20. The number of hydrogen-bond donors (Lipinski definition) is 1. The van der Waals surface area contributed by atoms with Crippen LogP contribution in [0.15, 0.2) is 73.1 Å². The number of aromatic nitrogens is 1. The number of amides is 1. The monoisotopic (exact) mass is 444 g/mol. The Morgan fingerprint density at radius 1 is 1.00 bits per heavy atom. The molecule has 4 rings (SSSR count). The van der Waals surface area contributed by atoms with E-state index in [1.165, 1.54) is 0 Å². The van der Waals surface area contributed by atoms with Gasteiger partial charge in [0.2, 0.25) is 5.91 Å². The van der Waals surface area contributed by atoms with Crippen molar-refractivity contribution in [1.82, 2.24) is 9.88 Å².